The number of carbonyl (C=O) groups is 1. The van der Waals surface area contributed by atoms with E-state index >= 15 is 0 Å². The van der Waals surface area contributed by atoms with Crippen molar-refractivity contribution in [1.82, 2.24) is 0 Å². The Morgan fingerprint density at radius 3 is 2.77 bits per heavy atom. The van der Waals surface area contributed by atoms with E-state index in [4.69, 9.17) is 0 Å². The van der Waals surface area contributed by atoms with Gasteiger partial charge in [-0.15, -0.1) is 0 Å². The molecule has 0 aromatic carbocycles. The summed E-state index contributed by atoms with van der Waals surface area (Å²) in [5, 5.41) is 9.23. The maximum Gasteiger partial charge on any atom is 0.178 e. The van der Waals surface area contributed by atoms with Gasteiger partial charge in [0, 0.05) is 12.0 Å². The van der Waals surface area contributed by atoms with Gasteiger partial charge in [-0.2, -0.15) is 0 Å². The first-order valence-electron chi connectivity index (χ1n) is 11.0. The van der Waals surface area contributed by atoms with Crippen LogP contribution in [-0.4, -0.2) is 17.5 Å². The summed E-state index contributed by atoms with van der Waals surface area (Å²) in [5.41, 5.74) is 2.02. The lowest BCUT2D eigenvalue weighted by Crippen LogP contribution is -2.50. The van der Waals surface area contributed by atoms with E-state index in [2.05, 4.69) is 26.8 Å². The van der Waals surface area contributed by atoms with Crippen LogP contribution < -0.4 is 0 Å². The van der Waals surface area contributed by atoms with E-state index in [0.717, 1.165) is 42.4 Å². The Kier molecular flexibility index (Phi) is 4.70. The van der Waals surface area contributed by atoms with Crippen LogP contribution in [0.2, 0.25) is 0 Å². The van der Waals surface area contributed by atoms with Crippen molar-refractivity contribution in [2.24, 2.45) is 40.4 Å². The van der Waals surface area contributed by atoms with Crippen LogP contribution in [0.4, 0.5) is 0 Å². The summed E-state index contributed by atoms with van der Waals surface area (Å²) < 4.78 is 0. The molecule has 0 saturated heterocycles. The Bertz CT molecular complexity index is 632. The summed E-state index contributed by atoms with van der Waals surface area (Å²) in [6.07, 6.45) is 16.0. The molecule has 0 bridgehead atoms. The molecule has 0 radical (unpaired) electrons. The monoisotopic (exact) mass is 356 g/mol. The lowest BCUT2D eigenvalue weighted by atomic mass is 9.47. The number of rotatable bonds is 4. The average molecular weight is 357 g/mol. The van der Waals surface area contributed by atoms with Crippen LogP contribution >= 0.6 is 0 Å². The third kappa shape index (κ3) is 2.66. The largest absolute Gasteiger partial charge is 0.396 e. The molecule has 26 heavy (non-hydrogen) atoms. The molecule has 0 heterocycles. The van der Waals surface area contributed by atoms with Gasteiger partial charge in [0.15, 0.2) is 5.78 Å². The molecule has 3 fully saturated rings. The Labute approximate surface area is 159 Å². The van der Waals surface area contributed by atoms with E-state index in [1.165, 1.54) is 44.1 Å². The van der Waals surface area contributed by atoms with Crippen molar-refractivity contribution in [3.63, 3.8) is 0 Å². The first-order valence-corrected chi connectivity index (χ1v) is 11.0. The number of hydrogen-bond donors (Lipinski definition) is 1. The SMILES string of the molecule is C[C@H](CCCO)[C@H]1CCC2C3CCC4=CC(=O)C=C[C@]4(C)C3CC[C@@]21C. The first kappa shape index (κ1) is 18.5. The second-order valence-electron chi connectivity index (χ2n) is 10.2. The van der Waals surface area contributed by atoms with Crippen molar-refractivity contribution in [3.8, 4) is 0 Å². The highest BCUT2D eigenvalue weighted by Crippen LogP contribution is 2.67. The molecule has 4 aliphatic rings. The van der Waals surface area contributed by atoms with Crippen LogP contribution in [0.15, 0.2) is 23.8 Å². The highest BCUT2D eigenvalue weighted by molar-refractivity contribution is 6.01. The van der Waals surface area contributed by atoms with Crippen molar-refractivity contribution >= 4 is 5.78 Å². The molecule has 0 amide bonds. The number of hydrogen-bond acceptors (Lipinski definition) is 2. The first-order chi connectivity index (χ1) is 12.4. The van der Waals surface area contributed by atoms with Crippen molar-refractivity contribution in [1.29, 1.82) is 0 Å². The summed E-state index contributed by atoms with van der Waals surface area (Å²) in [4.78, 5) is 11.9. The summed E-state index contributed by atoms with van der Waals surface area (Å²) >= 11 is 0. The summed E-state index contributed by atoms with van der Waals surface area (Å²) in [7, 11) is 0. The average Bonchev–Trinajstić information content (AvgIpc) is 2.97. The second-order valence-corrected chi connectivity index (χ2v) is 10.2. The van der Waals surface area contributed by atoms with E-state index in [0.29, 0.717) is 12.0 Å². The van der Waals surface area contributed by atoms with Crippen molar-refractivity contribution in [2.75, 3.05) is 6.61 Å². The van der Waals surface area contributed by atoms with E-state index in [1.807, 2.05) is 12.2 Å². The van der Waals surface area contributed by atoms with Gasteiger partial charge in [-0.1, -0.05) is 32.4 Å². The minimum Gasteiger partial charge on any atom is -0.396 e. The summed E-state index contributed by atoms with van der Waals surface area (Å²) in [6, 6.07) is 0. The molecule has 2 nitrogen and oxygen atoms in total. The third-order valence-corrected chi connectivity index (χ3v) is 9.13. The molecule has 3 saturated carbocycles. The maximum absolute atomic E-state index is 11.9. The highest BCUT2D eigenvalue weighted by Gasteiger charge is 2.58. The molecule has 1 N–H and O–H groups in total. The lowest BCUT2D eigenvalue weighted by molar-refractivity contribution is -0.111. The van der Waals surface area contributed by atoms with E-state index in [9.17, 15) is 9.90 Å². The van der Waals surface area contributed by atoms with Crippen LogP contribution in [0.3, 0.4) is 0 Å². The smallest absolute Gasteiger partial charge is 0.178 e. The third-order valence-electron chi connectivity index (χ3n) is 9.13. The fourth-order valence-electron chi connectivity index (χ4n) is 7.79. The van der Waals surface area contributed by atoms with Gasteiger partial charge >= 0.3 is 0 Å². The van der Waals surface area contributed by atoms with Gasteiger partial charge in [0.05, 0.1) is 0 Å². The topological polar surface area (TPSA) is 37.3 Å². The molecule has 0 aliphatic heterocycles. The van der Waals surface area contributed by atoms with Crippen LogP contribution in [0.25, 0.3) is 0 Å². The van der Waals surface area contributed by atoms with E-state index < -0.39 is 0 Å². The predicted octanol–water partition coefficient (Wildman–Crippen LogP) is 5.32. The van der Waals surface area contributed by atoms with E-state index in [-0.39, 0.29) is 11.2 Å². The van der Waals surface area contributed by atoms with Gasteiger partial charge in [0.1, 0.15) is 0 Å². The molecule has 2 heteroatoms. The van der Waals surface area contributed by atoms with E-state index in [1.54, 1.807) is 0 Å². The highest BCUT2D eigenvalue weighted by atomic mass is 16.2. The molecule has 4 rings (SSSR count). The molecule has 144 valence electrons. The molecule has 7 atom stereocenters. The number of fused-ring (bicyclic) bond motifs is 5. The second kappa shape index (κ2) is 6.62. The minimum atomic E-state index is 0.124. The van der Waals surface area contributed by atoms with Crippen molar-refractivity contribution in [3.05, 3.63) is 23.8 Å². The molecule has 4 aliphatic carbocycles. The Balaban J connectivity index is 1.57. The fourth-order valence-corrected chi connectivity index (χ4v) is 7.79. The summed E-state index contributed by atoms with van der Waals surface area (Å²) in [5.74, 6) is 4.14. The van der Waals surface area contributed by atoms with Gasteiger partial charge in [-0.3, -0.25) is 4.79 Å². The van der Waals surface area contributed by atoms with Crippen molar-refractivity contribution in [2.45, 2.75) is 72.1 Å². The zero-order valence-electron chi connectivity index (χ0n) is 16.8. The fraction of sp³-hybridized carbons (Fsp3) is 0.792. The zero-order valence-corrected chi connectivity index (χ0v) is 16.8. The number of allylic oxidation sites excluding steroid dienone is 4. The zero-order chi connectivity index (χ0) is 18.5. The molecular weight excluding hydrogens is 320 g/mol. The van der Waals surface area contributed by atoms with Gasteiger partial charge in [0.25, 0.3) is 0 Å². The molecule has 0 aromatic heterocycles. The summed E-state index contributed by atoms with van der Waals surface area (Å²) in [6.45, 7) is 7.76. The number of ketones is 1. The van der Waals surface area contributed by atoms with Gasteiger partial charge < -0.3 is 5.11 Å². The standard InChI is InChI=1S/C24H36O2/c1-16(5-4-14-25)20-8-9-21-19-7-6-17-15-18(26)10-12-23(17,2)22(19)11-13-24(20,21)3/h10,12,15-16,19-22,25H,4-9,11,13-14H2,1-3H3/t16-,19?,20-,21?,22?,23+,24-/m1/s1. The van der Waals surface area contributed by atoms with Gasteiger partial charge in [0.2, 0.25) is 0 Å². The van der Waals surface area contributed by atoms with Crippen molar-refractivity contribution < 1.29 is 9.90 Å². The Hall–Kier alpha value is -0.890. The number of aliphatic hydroxyl groups is 1. The van der Waals surface area contributed by atoms with Crippen LogP contribution in [0.5, 0.6) is 0 Å². The Morgan fingerprint density at radius 1 is 1.19 bits per heavy atom. The van der Waals surface area contributed by atoms with Crippen LogP contribution in [-0.2, 0) is 4.79 Å². The minimum absolute atomic E-state index is 0.124. The number of carbonyl (C=O) groups excluding carboxylic acids is 1. The van der Waals surface area contributed by atoms with Gasteiger partial charge in [-0.25, -0.2) is 0 Å². The number of aliphatic hydroxyl groups excluding tert-OH is 1. The predicted molar refractivity (Wildman–Crippen MR) is 106 cm³/mol. The normalized spacial score (nSPS) is 45.5. The Morgan fingerprint density at radius 2 is 2.00 bits per heavy atom. The van der Waals surface area contributed by atoms with Gasteiger partial charge in [-0.05, 0) is 98.5 Å². The van der Waals surface area contributed by atoms with Crippen LogP contribution in [0, 0.1) is 40.4 Å². The molecule has 3 unspecified atom stereocenters. The maximum atomic E-state index is 11.9. The molecule has 0 spiro atoms. The van der Waals surface area contributed by atoms with Crippen LogP contribution in [0.1, 0.15) is 72.1 Å². The lowest BCUT2D eigenvalue weighted by Gasteiger charge is -2.57. The quantitative estimate of drug-likeness (QED) is 0.740. The molecular formula is C24H36O2. The molecule has 0 aromatic rings.